The first kappa shape index (κ1) is 15.7. The maximum atomic E-state index is 9.06. The summed E-state index contributed by atoms with van der Waals surface area (Å²) in [5.41, 5.74) is 0.801. The van der Waals surface area contributed by atoms with Crippen LogP contribution in [0.15, 0.2) is 24.3 Å². The molecule has 0 aliphatic carbocycles. The van der Waals surface area contributed by atoms with Gasteiger partial charge in [-0.25, -0.2) is 0 Å². The molecule has 1 unspecified atom stereocenters. The number of nitrogens with one attached hydrogen (secondary N) is 1. The molecular weight excluding hydrogens is 250 g/mol. The summed E-state index contributed by atoms with van der Waals surface area (Å²) in [7, 11) is -3.07. The molecule has 8 heteroatoms. The van der Waals surface area contributed by atoms with E-state index in [0.717, 1.165) is 11.4 Å². The Balaban J connectivity index is 0.000000437. The molecule has 0 radical (unpaired) electrons. The zero-order chi connectivity index (χ0) is 13.5. The highest BCUT2D eigenvalue weighted by atomic mass is 32.3. The third-order valence-corrected chi connectivity index (χ3v) is 1.47. The SMILES string of the molecule is COc1ccccc1NC(C)O.O=S(=O)(O)O. The van der Waals surface area contributed by atoms with Gasteiger partial charge in [-0.05, 0) is 19.1 Å². The van der Waals surface area contributed by atoms with Crippen molar-refractivity contribution in [3.63, 3.8) is 0 Å². The normalized spacial score (nSPS) is 12.1. The van der Waals surface area contributed by atoms with Crippen LogP contribution in [-0.4, -0.2) is 36.0 Å². The van der Waals surface area contributed by atoms with Gasteiger partial charge in [0.2, 0.25) is 0 Å². The highest BCUT2D eigenvalue weighted by Crippen LogP contribution is 2.23. The molecule has 0 aliphatic rings. The second-order valence-corrected chi connectivity index (χ2v) is 3.86. The molecule has 0 amide bonds. The van der Waals surface area contributed by atoms with Gasteiger partial charge in [-0.2, -0.15) is 8.42 Å². The number of hydrogen-bond acceptors (Lipinski definition) is 5. The van der Waals surface area contributed by atoms with Crippen LogP contribution >= 0.6 is 0 Å². The minimum Gasteiger partial charge on any atom is -0.495 e. The summed E-state index contributed by atoms with van der Waals surface area (Å²) in [6, 6.07) is 7.45. The largest absolute Gasteiger partial charge is 0.495 e. The number of aliphatic hydroxyl groups is 1. The predicted molar refractivity (Wildman–Crippen MR) is 62.5 cm³/mol. The Morgan fingerprint density at radius 3 is 2.18 bits per heavy atom. The van der Waals surface area contributed by atoms with Crippen LogP contribution < -0.4 is 10.1 Å². The highest BCUT2D eigenvalue weighted by Gasteiger charge is 2.01. The lowest BCUT2D eigenvalue weighted by atomic mass is 10.3. The topological polar surface area (TPSA) is 116 Å². The molecule has 98 valence electrons. The third-order valence-electron chi connectivity index (χ3n) is 1.47. The first-order valence-electron chi connectivity index (χ1n) is 4.51. The molecule has 1 atom stereocenters. The number of rotatable bonds is 3. The molecule has 0 saturated carbocycles. The summed E-state index contributed by atoms with van der Waals surface area (Å²) in [5.74, 6) is 0.735. The van der Waals surface area contributed by atoms with Crippen molar-refractivity contribution in [3.8, 4) is 5.75 Å². The average Bonchev–Trinajstić information content (AvgIpc) is 2.15. The summed E-state index contributed by atoms with van der Waals surface area (Å²) in [6.45, 7) is 1.66. The lowest BCUT2D eigenvalue weighted by Gasteiger charge is -2.12. The van der Waals surface area contributed by atoms with Gasteiger partial charge in [-0.3, -0.25) is 9.11 Å². The van der Waals surface area contributed by atoms with Crippen molar-refractivity contribution in [2.24, 2.45) is 0 Å². The van der Waals surface area contributed by atoms with Crippen LogP contribution in [0.1, 0.15) is 6.92 Å². The monoisotopic (exact) mass is 265 g/mol. The van der Waals surface area contributed by atoms with E-state index in [-0.39, 0.29) is 0 Å². The Hall–Kier alpha value is -1.35. The van der Waals surface area contributed by atoms with E-state index >= 15 is 0 Å². The van der Waals surface area contributed by atoms with Crippen LogP contribution in [0.5, 0.6) is 5.75 Å². The maximum Gasteiger partial charge on any atom is 0.394 e. The molecule has 0 aromatic heterocycles. The van der Waals surface area contributed by atoms with E-state index in [2.05, 4.69) is 5.32 Å². The van der Waals surface area contributed by atoms with Crippen molar-refractivity contribution >= 4 is 16.1 Å². The number of hydrogen-bond donors (Lipinski definition) is 4. The Labute approximate surface area is 99.6 Å². The third kappa shape index (κ3) is 9.57. The molecule has 4 N–H and O–H groups in total. The fourth-order valence-electron chi connectivity index (χ4n) is 0.989. The summed E-state index contributed by atoms with van der Waals surface area (Å²) >= 11 is 0. The first-order chi connectivity index (χ1) is 7.74. The molecule has 0 spiro atoms. The van der Waals surface area contributed by atoms with Crippen LogP contribution in [0, 0.1) is 0 Å². The summed E-state index contributed by atoms with van der Waals surface area (Å²) < 4.78 is 36.7. The van der Waals surface area contributed by atoms with Crippen LogP contribution in [0.4, 0.5) is 5.69 Å². The number of benzene rings is 1. The van der Waals surface area contributed by atoms with Gasteiger partial charge in [-0.15, -0.1) is 0 Å². The van der Waals surface area contributed by atoms with Gasteiger partial charge < -0.3 is 15.2 Å². The number of aliphatic hydroxyl groups excluding tert-OH is 1. The molecule has 7 nitrogen and oxygen atoms in total. The number of para-hydroxylation sites is 2. The Morgan fingerprint density at radius 1 is 1.29 bits per heavy atom. The minimum atomic E-state index is -4.67. The van der Waals surface area contributed by atoms with Crippen molar-refractivity contribution in [1.29, 1.82) is 0 Å². The molecule has 17 heavy (non-hydrogen) atoms. The van der Waals surface area contributed by atoms with Gasteiger partial charge in [0.05, 0.1) is 12.8 Å². The standard InChI is InChI=1S/C9H13NO2.H2O4S/c1-7(11)10-8-5-3-4-6-9(8)12-2;1-5(2,3)4/h3-7,10-11H,1-2H3;(H2,1,2,3,4). The summed E-state index contributed by atoms with van der Waals surface area (Å²) in [4.78, 5) is 0. The zero-order valence-corrected chi connectivity index (χ0v) is 10.2. The fourth-order valence-corrected chi connectivity index (χ4v) is 0.989. The Bertz CT molecular complexity index is 423. The van der Waals surface area contributed by atoms with Gasteiger partial charge in [-0.1, -0.05) is 12.1 Å². The number of methoxy groups -OCH3 is 1. The van der Waals surface area contributed by atoms with Crippen molar-refractivity contribution in [2.75, 3.05) is 12.4 Å². The van der Waals surface area contributed by atoms with E-state index in [1.165, 1.54) is 0 Å². The van der Waals surface area contributed by atoms with Crippen LogP contribution in [-0.2, 0) is 10.4 Å². The van der Waals surface area contributed by atoms with E-state index < -0.39 is 16.6 Å². The molecule has 0 bridgehead atoms. The second-order valence-electron chi connectivity index (χ2n) is 2.97. The van der Waals surface area contributed by atoms with Crippen molar-refractivity contribution < 1.29 is 27.4 Å². The molecule has 0 aliphatic heterocycles. The number of ether oxygens (including phenoxy) is 1. The average molecular weight is 265 g/mol. The van der Waals surface area contributed by atoms with Crippen molar-refractivity contribution in [2.45, 2.75) is 13.2 Å². The summed E-state index contributed by atoms with van der Waals surface area (Å²) in [6.07, 6.45) is -0.568. The highest BCUT2D eigenvalue weighted by molar-refractivity contribution is 7.79. The molecular formula is C9H15NO6S. The minimum absolute atomic E-state index is 0.568. The van der Waals surface area contributed by atoms with Crippen molar-refractivity contribution in [1.82, 2.24) is 0 Å². The lowest BCUT2D eigenvalue weighted by Crippen LogP contribution is -2.13. The molecule has 0 heterocycles. The molecule has 1 aromatic rings. The van der Waals surface area contributed by atoms with Gasteiger partial charge >= 0.3 is 10.4 Å². The summed E-state index contributed by atoms with van der Waals surface area (Å²) in [5, 5.41) is 11.9. The molecule has 1 rings (SSSR count). The quantitative estimate of drug-likeness (QED) is 0.471. The van der Waals surface area contributed by atoms with Gasteiger partial charge in [0, 0.05) is 0 Å². The molecule has 1 aromatic carbocycles. The Morgan fingerprint density at radius 2 is 1.76 bits per heavy atom. The van der Waals surface area contributed by atoms with E-state index in [4.69, 9.17) is 27.4 Å². The van der Waals surface area contributed by atoms with Crippen LogP contribution in [0.25, 0.3) is 0 Å². The zero-order valence-electron chi connectivity index (χ0n) is 9.36. The van der Waals surface area contributed by atoms with Gasteiger partial charge in [0.25, 0.3) is 0 Å². The predicted octanol–water partition coefficient (Wildman–Crippen LogP) is 0.793. The molecule has 0 saturated heterocycles. The number of anilines is 1. The van der Waals surface area contributed by atoms with Crippen LogP contribution in [0.3, 0.4) is 0 Å². The van der Waals surface area contributed by atoms with Crippen LogP contribution in [0.2, 0.25) is 0 Å². The lowest BCUT2D eigenvalue weighted by molar-refractivity contribution is 0.224. The maximum absolute atomic E-state index is 9.06. The fraction of sp³-hybridized carbons (Fsp3) is 0.333. The second kappa shape index (κ2) is 7.07. The van der Waals surface area contributed by atoms with E-state index in [1.807, 2.05) is 24.3 Å². The molecule has 0 fully saturated rings. The van der Waals surface area contributed by atoms with Gasteiger partial charge in [0.15, 0.2) is 0 Å². The Kier molecular flexibility index (Phi) is 6.51. The first-order valence-corrected chi connectivity index (χ1v) is 5.91. The van der Waals surface area contributed by atoms with E-state index in [9.17, 15) is 0 Å². The van der Waals surface area contributed by atoms with E-state index in [0.29, 0.717) is 0 Å². The van der Waals surface area contributed by atoms with Gasteiger partial charge in [0.1, 0.15) is 12.0 Å². The van der Waals surface area contributed by atoms with E-state index in [1.54, 1.807) is 14.0 Å². The van der Waals surface area contributed by atoms with Crippen molar-refractivity contribution in [3.05, 3.63) is 24.3 Å². The smallest absolute Gasteiger partial charge is 0.394 e.